The van der Waals surface area contributed by atoms with Crippen molar-refractivity contribution in [2.45, 2.75) is 26.7 Å². The average molecular weight is 266 g/mol. The highest BCUT2D eigenvalue weighted by atomic mass is 16.3. The van der Waals surface area contributed by atoms with Crippen LogP contribution in [0.25, 0.3) is 0 Å². The number of hydrogen-bond donors (Lipinski definition) is 4. The molecule has 19 heavy (non-hydrogen) atoms. The zero-order valence-electron chi connectivity index (χ0n) is 11.4. The number of carbonyl (C=O) groups is 1. The fourth-order valence-electron chi connectivity index (χ4n) is 1.86. The highest BCUT2D eigenvalue weighted by molar-refractivity contribution is 5.98. The summed E-state index contributed by atoms with van der Waals surface area (Å²) in [5.41, 5.74) is 11.3. The van der Waals surface area contributed by atoms with Crippen molar-refractivity contribution in [1.29, 1.82) is 0 Å². The molecule has 106 valence electrons. The van der Waals surface area contributed by atoms with Gasteiger partial charge in [0.2, 0.25) is 0 Å². The van der Waals surface area contributed by atoms with Gasteiger partial charge >= 0.3 is 0 Å². The molecule has 6 heteroatoms. The van der Waals surface area contributed by atoms with E-state index in [-0.39, 0.29) is 17.6 Å². The van der Waals surface area contributed by atoms with Crippen molar-refractivity contribution < 1.29 is 9.90 Å². The Hall–Kier alpha value is -1.82. The summed E-state index contributed by atoms with van der Waals surface area (Å²) >= 11 is 0. The van der Waals surface area contributed by atoms with Gasteiger partial charge in [0, 0.05) is 12.0 Å². The number of rotatable bonds is 7. The minimum absolute atomic E-state index is 0.0773. The first-order valence-corrected chi connectivity index (χ1v) is 6.38. The Labute approximate surface area is 113 Å². The Morgan fingerprint density at radius 3 is 2.58 bits per heavy atom. The molecule has 0 atom stereocenters. The van der Waals surface area contributed by atoms with Crippen LogP contribution in [0.5, 0.6) is 0 Å². The van der Waals surface area contributed by atoms with Crippen molar-refractivity contribution >= 4 is 17.4 Å². The molecule has 0 fully saturated rings. The number of pyridine rings is 1. The number of carbonyl (C=O) groups excluding carboxylic acids is 1. The minimum Gasteiger partial charge on any atom is -0.397 e. The molecule has 1 amide bonds. The molecule has 1 aromatic heterocycles. The summed E-state index contributed by atoms with van der Waals surface area (Å²) in [7, 11) is 0. The lowest BCUT2D eigenvalue weighted by Crippen LogP contribution is -2.33. The van der Waals surface area contributed by atoms with Gasteiger partial charge in [-0.15, -0.1) is 0 Å². The van der Waals surface area contributed by atoms with Gasteiger partial charge in [-0.05, 0) is 18.9 Å². The standard InChI is InChI=1S/C13H22N4O2/c1-3-13(4-2,8-18)7-17-12-10(11(15)19)5-9(14)6-16-12/h5-6,18H,3-4,7-8,14H2,1-2H3,(H2,15,19)(H,16,17). The minimum atomic E-state index is -0.579. The van der Waals surface area contributed by atoms with Crippen LogP contribution in [0.4, 0.5) is 11.5 Å². The molecular formula is C13H22N4O2. The van der Waals surface area contributed by atoms with E-state index in [1.807, 2.05) is 13.8 Å². The molecule has 0 spiro atoms. The number of amides is 1. The van der Waals surface area contributed by atoms with Crippen LogP contribution in [0, 0.1) is 5.41 Å². The Kier molecular flexibility index (Phi) is 5.11. The van der Waals surface area contributed by atoms with E-state index in [1.54, 1.807) is 0 Å². The van der Waals surface area contributed by atoms with Gasteiger partial charge in [-0.1, -0.05) is 13.8 Å². The molecule has 0 aromatic carbocycles. The SMILES string of the molecule is CCC(CC)(CO)CNc1ncc(N)cc1C(N)=O. The lowest BCUT2D eigenvalue weighted by molar-refractivity contribution is 0.100. The van der Waals surface area contributed by atoms with Crippen molar-refractivity contribution in [2.75, 3.05) is 24.2 Å². The molecule has 0 saturated carbocycles. The molecule has 0 unspecified atom stereocenters. The summed E-state index contributed by atoms with van der Waals surface area (Å²) in [6, 6.07) is 1.50. The first-order valence-electron chi connectivity index (χ1n) is 6.38. The molecule has 0 radical (unpaired) electrons. The third kappa shape index (κ3) is 3.57. The number of anilines is 2. The summed E-state index contributed by atoms with van der Waals surface area (Å²) in [5.74, 6) is -0.175. The smallest absolute Gasteiger partial charge is 0.252 e. The van der Waals surface area contributed by atoms with Crippen molar-refractivity contribution in [3.05, 3.63) is 17.8 Å². The molecule has 0 aliphatic carbocycles. The zero-order chi connectivity index (χ0) is 14.5. The Morgan fingerprint density at radius 2 is 2.11 bits per heavy atom. The third-order valence-corrected chi connectivity index (χ3v) is 3.64. The fraction of sp³-hybridized carbons (Fsp3) is 0.538. The van der Waals surface area contributed by atoms with Gasteiger partial charge in [0.05, 0.1) is 24.1 Å². The van der Waals surface area contributed by atoms with Crippen molar-refractivity contribution in [2.24, 2.45) is 11.1 Å². The number of nitrogens with one attached hydrogen (secondary N) is 1. The van der Waals surface area contributed by atoms with Crippen LogP contribution in [-0.2, 0) is 0 Å². The van der Waals surface area contributed by atoms with Gasteiger partial charge < -0.3 is 21.9 Å². The summed E-state index contributed by atoms with van der Waals surface area (Å²) in [5, 5.41) is 12.6. The van der Waals surface area contributed by atoms with Crippen LogP contribution in [-0.4, -0.2) is 29.1 Å². The summed E-state index contributed by atoms with van der Waals surface area (Å²) in [6.07, 6.45) is 3.12. The first-order chi connectivity index (χ1) is 8.98. The Balaban J connectivity index is 2.91. The van der Waals surface area contributed by atoms with Crippen LogP contribution in [0.2, 0.25) is 0 Å². The van der Waals surface area contributed by atoms with E-state index in [0.717, 1.165) is 12.8 Å². The second kappa shape index (κ2) is 6.38. The van der Waals surface area contributed by atoms with Gasteiger partial charge in [0.25, 0.3) is 5.91 Å². The normalized spacial score (nSPS) is 11.3. The molecule has 0 aliphatic heterocycles. The zero-order valence-corrected chi connectivity index (χ0v) is 11.4. The summed E-state index contributed by atoms with van der Waals surface area (Å²) in [4.78, 5) is 15.4. The third-order valence-electron chi connectivity index (χ3n) is 3.64. The van der Waals surface area contributed by atoms with Crippen LogP contribution < -0.4 is 16.8 Å². The van der Waals surface area contributed by atoms with E-state index < -0.39 is 5.91 Å². The summed E-state index contributed by atoms with van der Waals surface area (Å²) in [6.45, 7) is 4.64. The van der Waals surface area contributed by atoms with Crippen LogP contribution in [0.3, 0.4) is 0 Å². The van der Waals surface area contributed by atoms with Crippen LogP contribution in [0.15, 0.2) is 12.3 Å². The van der Waals surface area contributed by atoms with Crippen molar-refractivity contribution in [3.63, 3.8) is 0 Å². The molecule has 1 heterocycles. The van der Waals surface area contributed by atoms with Gasteiger partial charge in [0.15, 0.2) is 0 Å². The lowest BCUT2D eigenvalue weighted by Gasteiger charge is -2.30. The number of hydrogen-bond acceptors (Lipinski definition) is 5. The number of primary amides is 1. The van der Waals surface area contributed by atoms with E-state index in [1.165, 1.54) is 12.3 Å². The number of aliphatic hydroxyl groups excluding tert-OH is 1. The van der Waals surface area contributed by atoms with Crippen LogP contribution in [0.1, 0.15) is 37.0 Å². The largest absolute Gasteiger partial charge is 0.397 e. The number of nitrogen functional groups attached to an aromatic ring is 1. The number of nitrogens with zero attached hydrogens (tertiary/aromatic N) is 1. The maximum absolute atomic E-state index is 11.3. The molecule has 1 aromatic rings. The second-order valence-corrected chi connectivity index (χ2v) is 4.75. The molecule has 6 N–H and O–H groups in total. The quantitative estimate of drug-likeness (QED) is 0.587. The van der Waals surface area contributed by atoms with Gasteiger partial charge in [-0.2, -0.15) is 0 Å². The topological polar surface area (TPSA) is 114 Å². The average Bonchev–Trinajstić information content (AvgIpc) is 2.42. The van der Waals surface area contributed by atoms with Gasteiger partial charge in [-0.3, -0.25) is 4.79 Å². The monoisotopic (exact) mass is 266 g/mol. The van der Waals surface area contributed by atoms with Gasteiger partial charge in [0.1, 0.15) is 5.82 Å². The molecule has 0 aliphatic rings. The van der Waals surface area contributed by atoms with Crippen molar-refractivity contribution in [3.8, 4) is 0 Å². The fourth-order valence-corrected chi connectivity index (χ4v) is 1.86. The molecular weight excluding hydrogens is 244 g/mol. The van der Waals surface area contributed by atoms with E-state index in [0.29, 0.717) is 18.1 Å². The maximum Gasteiger partial charge on any atom is 0.252 e. The number of aromatic nitrogens is 1. The molecule has 1 rings (SSSR count). The predicted molar refractivity (Wildman–Crippen MR) is 75.8 cm³/mol. The molecule has 0 bridgehead atoms. The van der Waals surface area contributed by atoms with E-state index in [9.17, 15) is 9.90 Å². The van der Waals surface area contributed by atoms with E-state index in [4.69, 9.17) is 11.5 Å². The van der Waals surface area contributed by atoms with E-state index >= 15 is 0 Å². The van der Waals surface area contributed by atoms with E-state index in [2.05, 4.69) is 10.3 Å². The number of aliphatic hydroxyl groups is 1. The second-order valence-electron chi connectivity index (χ2n) is 4.75. The number of nitrogens with two attached hydrogens (primary N) is 2. The highest BCUT2D eigenvalue weighted by Gasteiger charge is 2.25. The Bertz CT molecular complexity index is 436. The lowest BCUT2D eigenvalue weighted by atomic mass is 9.83. The summed E-state index contributed by atoms with van der Waals surface area (Å²) < 4.78 is 0. The molecule has 0 saturated heterocycles. The van der Waals surface area contributed by atoms with Gasteiger partial charge in [-0.25, -0.2) is 4.98 Å². The van der Waals surface area contributed by atoms with Crippen molar-refractivity contribution in [1.82, 2.24) is 4.98 Å². The Morgan fingerprint density at radius 1 is 1.47 bits per heavy atom. The van der Waals surface area contributed by atoms with Crippen LogP contribution >= 0.6 is 0 Å². The maximum atomic E-state index is 11.3. The predicted octanol–water partition coefficient (Wildman–Crippen LogP) is 0.973. The molecule has 6 nitrogen and oxygen atoms in total. The first kappa shape index (κ1) is 15.2. The highest BCUT2D eigenvalue weighted by Crippen LogP contribution is 2.26.